The van der Waals surface area contributed by atoms with Gasteiger partial charge in [-0.25, -0.2) is 4.39 Å². The highest BCUT2D eigenvalue weighted by Crippen LogP contribution is 2.37. The zero-order chi connectivity index (χ0) is 18.4. The summed E-state index contributed by atoms with van der Waals surface area (Å²) in [6, 6.07) is 11.6. The monoisotopic (exact) mass is 349 g/mol. The van der Waals surface area contributed by atoms with Gasteiger partial charge in [-0.1, -0.05) is 11.2 Å². The molecule has 5 nitrogen and oxygen atoms in total. The van der Waals surface area contributed by atoms with Crippen LogP contribution in [0.25, 0.3) is 33.3 Å². The number of carbonyl (C=O) groups is 1. The predicted octanol–water partition coefficient (Wildman–Crippen LogP) is 4.34. The van der Waals surface area contributed by atoms with Gasteiger partial charge >= 0.3 is 0 Å². The minimum Gasteiger partial charge on any atom is -0.366 e. The molecular formula is C20H16FN3O2. The molecule has 4 aromatic rings. The van der Waals surface area contributed by atoms with Gasteiger partial charge in [0.15, 0.2) is 0 Å². The Morgan fingerprint density at radius 2 is 1.88 bits per heavy atom. The standard InChI is InChI=1S/C20H16FN3O2/c1-10-18(11(2)26-24-10)14-7-8-15(20(22)25)19-16(14)9-17(23-19)12-3-5-13(21)6-4-12/h3-9,23H,1-2H3,(H2,22,25). The van der Waals surface area contributed by atoms with Gasteiger partial charge in [-0.05, 0) is 61.4 Å². The first kappa shape index (κ1) is 16.1. The smallest absolute Gasteiger partial charge is 0.250 e. The fourth-order valence-electron chi connectivity index (χ4n) is 3.30. The number of benzene rings is 2. The van der Waals surface area contributed by atoms with Gasteiger partial charge in [-0.15, -0.1) is 0 Å². The first-order valence-electron chi connectivity index (χ1n) is 8.10. The molecule has 2 aromatic heterocycles. The van der Waals surface area contributed by atoms with E-state index in [1.165, 1.54) is 12.1 Å². The Morgan fingerprint density at radius 1 is 1.15 bits per heavy atom. The molecule has 0 fully saturated rings. The molecule has 0 aliphatic heterocycles. The Bertz CT molecular complexity index is 1120. The van der Waals surface area contributed by atoms with Crippen molar-refractivity contribution in [2.45, 2.75) is 13.8 Å². The average Bonchev–Trinajstić information content (AvgIpc) is 3.19. The van der Waals surface area contributed by atoms with Crippen LogP contribution in [-0.4, -0.2) is 16.0 Å². The molecule has 0 aliphatic rings. The van der Waals surface area contributed by atoms with E-state index in [-0.39, 0.29) is 5.82 Å². The zero-order valence-electron chi connectivity index (χ0n) is 14.3. The van der Waals surface area contributed by atoms with Gasteiger partial charge in [0.25, 0.3) is 5.91 Å². The molecule has 0 atom stereocenters. The van der Waals surface area contributed by atoms with Gasteiger partial charge in [0, 0.05) is 16.6 Å². The van der Waals surface area contributed by atoms with E-state index < -0.39 is 5.91 Å². The normalized spacial score (nSPS) is 11.2. The molecule has 0 radical (unpaired) electrons. The van der Waals surface area contributed by atoms with E-state index in [9.17, 15) is 9.18 Å². The lowest BCUT2D eigenvalue weighted by Gasteiger charge is -2.05. The number of hydrogen-bond acceptors (Lipinski definition) is 3. The van der Waals surface area contributed by atoms with Crippen LogP contribution in [0.3, 0.4) is 0 Å². The number of nitrogens with zero attached hydrogens (tertiary/aromatic N) is 1. The van der Waals surface area contributed by atoms with Crippen molar-refractivity contribution >= 4 is 16.8 Å². The minimum atomic E-state index is -0.521. The minimum absolute atomic E-state index is 0.306. The van der Waals surface area contributed by atoms with Crippen LogP contribution in [0.1, 0.15) is 21.8 Å². The van der Waals surface area contributed by atoms with Crippen molar-refractivity contribution < 1.29 is 13.7 Å². The molecule has 3 N–H and O–H groups in total. The number of primary amides is 1. The van der Waals surface area contributed by atoms with E-state index in [1.807, 2.05) is 26.0 Å². The highest BCUT2D eigenvalue weighted by Gasteiger charge is 2.19. The van der Waals surface area contributed by atoms with Gasteiger partial charge in [0.1, 0.15) is 11.6 Å². The predicted molar refractivity (Wildman–Crippen MR) is 97.2 cm³/mol. The lowest BCUT2D eigenvalue weighted by molar-refractivity contribution is 0.100. The van der Waals surface area contributed by atoms with Crippen LogP contribution in [0.5, 0.6) is 0 Å². The van der Waals surface area contributed by atoms with Gasteiger partial charge in [-0.3, -0.25) is 4.79 Å². The molecule has 0 unspecified atom stereocenters. The fourth-order valence-corrected chi connectivity index (χ4v) is 3.30. The first-order valence-corrected chi connectivity index (χ1v) is 8.10. The summed E-state index contributed by atoms with van der Waals surface area (Å²) in [7, 11) is 0. The zero-order valence-corrected chi connectivity index (χ0v) is 14.3. The molecule has 26 heavy (non-hydrogen) atoms. The molecule has 130 valence electrons. The van der Waals surface area contributed by atoms with Crippen LogP contribution in [0.2, 0.25) is 0 Å². The Labute approximate surface area is 148 Å². The lowest BCUT2D eigenvalue weighted by atomic mass is 9.97. The summed E-state index contributed by atoms with van der Waals surface area (Å²) in [4.78, 5) is 15.1. The van der Waals surface area contributed by atoms with Gasteiger partial charge in [0.2, 0.25) is 0 Å². The van der Waals surface area contributed by atoms with Crippen molar-refractivity contribution in [3.8, 4) is 22.4 Å². The van der Waals surface area contributed by atoms with Crippen molar-refractivity contribution in [3.63, 3.8) is 0 Å². The van der Waals surface area contributed by atoms with Crippen LogP contribution in [-0.2, 0) is 0 Å². The number of halogens is 1. The summed E-state index contributed by atoms with van der Waals surface area (Å²) in [5, 5.41) is 4.84. The number of aromatic amines is 1. The van der Waals surface area contributed by atoms with E-state index in [0.717, 1.165) is 33.5 Å². The summed E-state index contributed by atoms with van der Waals surface area (Å²) in [6.45, 7) is 3.71. The number of amides is 1. The molecule has 0 spiro atoms. The van der Waals surface area contributed by atoms with Crippen molar-refractivity contribution in [3.05, 3.63) is 65.3 Å². The third-order valence-corrected chi connectivity index (χ3v) is 4.52. The number of fused-ring (bicyclic) bond motifs is 1. The van der Waals surface area contributed by atoms with E-state index in [4.69, 9.17) is 10.3 Å². The highest BCUT2D eigenvalue weighted by atomic mass is 19.1. The van der Waals surface area contributed by atoms with E-state index in [0.29, 0.717) is 16.8 Å². The second-order valence-electron chi connectivity index (χ2n) is 6.20. The Hall–Kier alpha value is -3.41. The number of H-pyrrole nitrogens is 1. The quantitative estimate of drug-likeness (QED) is 0.577. The third kappa shape index (κ3) is 2.47. The van der Waals surface area contributed by atoms with Crippen molar-refractivity contribution in [2.75, 3.05) is 0 Å². The summed E-state index contributed by atoms with van der Waals surface area (Å²) < 4.78 is 18.5. The Morgan fingerprint density at radius 3 is 2.50 bits per heavy atom. The second kappa shape index (κ2) is 5.84. The Kier molecular flexibility index (Phi) is 3.61. The molecule has 6 heteroatoms. The first-order chi connectivity index (χ1) is 12.5. The highest BCUT2D eigenvalue weighted by molar-refractivity contribution is 6.10. The molecular weight excluding hydrogens is 333 g/mol. The fraction of sp³-hybridized carbons (Fsp3) is 0.100. The maximum atomic E-state index is 13.2. The molecule has 0 saturated heterocycles. The SMILES string of the molecule is Cc1noc(C)c1-c1ccc(C(N)=O)c2[nH]c(-c3ccc(F)cc3)cc12. The number of aryl methyl sites for hydroxylation is 2. The number of nitrogens with one attached hydrogen (secondary N) is 1. The van der Waals surface area contributed by atoms with E-state index in [2.05, 4.69) is 10.1 Å². The average molecular weight is 349 g/mol. The van der Waals surface area contributed by atoms with Crippen molar-refractivity contribution in [2.24, 2.45) is 5.73 Å². The number of rotatable bonds is 3. The largest absolute Gasteiger partial charge is 0.366 e. The lowest BCUT2D eigenvalue weighted by Crippen LogP contribution is -2.11. The van der Waals surface area contributed by atoms with Crippen LogP contribution in [0.4, 0.5) is 4.39 Å². The van der Waals surface area contributed by atoms with Crippen LogP contribution >= 0.6 is 0 Å². The van der Waals surface area contributed by atoms with Gasteiger partial charge < -0.3 is 15.2 Å². The molecule has 0 bridgehead atoms. The molecule has 0 aliphatic carbocycles. The maximum absolute atomic E-state index is 13.2. The molecule has 4 rings (SSSR count). The number of nitrogens with two attached hydrogens (primary N) is 1. The van der Waals surface area contributed by atoms with Crippen LogP contribution in [0, 0.1) is 19.7 Å². The third-order valence-electron chi connectivity index (χ3n) is 4.52. The topological polar surface area (TPSA) is 84.9 Å². The summed E-state index contributed by atoms with van der Waals surface area (Å²) in [5.41, 5.74) is 10.7. The number of carbonyl (C=O) groups excluding carboxylic acids is 1. The number of hydrogen-bond donors (Lipinski definition) is 2. The number of aromatic nitrogens is 2. The Balaban J connectivity index is 2.02. The van der Waals surface area contributed by atoms with Gasteiger partial charge in [-0.2, -0.15) is 0 Å². The summed E-state index contributed by atoms with van der Waals surface area (Å²) >= 11 is 0. The molecule has 1 amide bonds. The molecule has 2 aromatic carbocycles. The van der Waals surface area contributed by atoms with E-state index >= 15 is 0 Å². The molecule has 2 heterocycles. The summed E-state index contributed by atoms with van der Waals surface area (Å²) in [6.07, 6.45) is 0. The van der Waals surface area contributed by atoms with Gasteiger partial charge in [0.05, 0.1) is 16.8 Å². The van der Waals surface area contributed by atoms with Crippen LogP contribution in [0.15, 0.2) is 47.0 Å². The van der Waals surface area contributed by atoms with Crippen molar-refractivity contribution in [1.82, 2.24) is 10.1 Å². The second-order valence-corrected chi connectivity index (χ2v) is 6.20. The van der Waals surface area contributed by atoms with Crippen LogP contribution < -0.4 is 5.73 Å². The maximum Gasteiger partial charge on any atom is 0.250 e. The van der Waals surface area contributed by atoms with Crippen molar-refractivity contribution in [1.29, 1.82) is 0 Å². The summed E-state index contributed by atoms with van der Waals surface area (Å²) in [5.74, 6) is -0.132. The molecule has 0 saturated carbocycles. The van der Waals surface area contributed by atoms with E-state index in [1.54, 1.807) is 18.2 Å².